The van der Waals surface area contributed by atoms with E-state index < -0.39 is 29.2 Å². The van der Waals surface area contributed by atoms with Gasteiger partial charge in [-0.1, -0.05) is 16.9 Å². The van der Waals surface area contributed by atoms with Gasteiger partial charge in [-0.05, 0) is 11.8 Å². The number of hydrogen-bond donors (Lipinski definition) is 3. The quantitative estimate of drug-likeness (QED) is 0.198. The minimum absolute atomic E-state index is 0.0357. The summed E-state index contributed by atoms with van der Waals surface area (Å²) in [5.41, 5.74) is 6.33. The Bertz CT molecular complexity index is 1170. The molecule has 0 unspecified atom stereocenters. The van der Waals surface area contributed by atoms with Crippen molar-refractivity contribution < 1.29 is 24.3 Å². The van der Waals surface area contributed by atoms with Crippen molar-refractivity contribution in [1.29, 1.82) is 0 Å². The number of oxime groups is 1. The standard InChI is InChI=1S/C18H18N6O5S4/c1-29-23-10(9-6-32-17(19)21-9)13(25)22-11-14(26)24-12(16(27)28)7(5-31-15(11)24)3-8-4-20-18(30-2)33-8/h4,6,11,15H,3,5H2,1-2H3,(H2,19,21)(H,22,25)(H,27,28)/b23-10-/t11-,15-/m1/s1. The molecular weight excluding hydrogens is 509 g/mol. The summed E-state index contributed by atoms with van der Waals surface area (Å²) in [7, 11) is 1.28. The Morgan fingerprint density at radius 2 is 2.27 bits per heavy atom. The number of β-lactam (4-membered cyclic amide) rings is 1. The van der Waals surface area contributed by atoms with Crippen molar-refractivity contribution in [2.45, 2.75) is 22.2 Å². The monoisotopic (exact) mass is 526 g/mol. The number of carbonyl (C=O) groups excluding carboxylic acids is 2. The average Bonchev–Trinajstić information content (AvgIpc) is 3.43. The fraction of sp³-hybridized carbons (Fsp3) is 0.333. The highest BCUT2D eigenvalue weighted by molar-refractivity contribution is 8.00. The molecule has 4 heterocycles. The van der Waals surface area contributed by atoms with Crippen LogP contribution in [0.4, 0.5) is 5.13 Å². The van der Waals surface area contributed by atoms with Gasteiger partial charge in [0.15, 0.2) is 10.8 Å². The van der Waals surface area contributed by atoms with E-state index in [0.29, 0.717) is 17.7 Å². The van der Waals surface area contributed by atoms with Gasteiger partial charge in [-0.3, -0.25) is 14.5 Å². The predicted octanol–water partition coefficient (Wildman–Crippen LogP) is 1.24. The van der Waals surface area contributed by atoms with Crippen LogP contribution in [0.2, 0.25) is 0 Å². The molecule has 2 aromatic rings. The summed E-state index contributed by atoms with van der Waals surface area (Å²) < 4.78 is 0.891. The number of nitrogens with zero attached hydrogens (tertiary/aromatic N) is 4. The molecular formula is C18H18N6O5S4. The van der Waals surface area contributed by atoms with Gasteiger partial charge in [-0.25, -0.2) is 14.8 Å². The Morgan fingerprint density at radius 1 is 1.48 bits per heavy atom. The van der Waals surface area contributed by atoms with Crippen molar-refractivity contribution in [3.63, 3.8) is 0 Å². The number of carboxylic acid groups (broad SMARTS) is 1. The van der Waals surface area contributed by atoms with Gasteiger partial charge in [0.05, 0.1) is 0 Å². The molecule has 4 rings (SSSR count). The molecule has 4 N–H and O–H groups in total. The molecule has 2 aliphatic rings. The molecule has 2 aliphatic heterocycles. The van der Waals surface area contributed by atoms with Crippen LogP contribution >= 0.6 is 46.2 Å². The van der Waals surface area contributed by atoms with E-state index in [-0.39, 0.29) is 22.2 Å². The normalized spacial score (nSPS) is 20.4. The van der Waals surface area contributed by atoms with E-state index in [1.165, 1.54) is 46.9 Å². The van der Waals surface area contributed by atoms with Gasteiger partial charge < -0.3 is 21.0 Å². The third kappa shape index (κ3) is 4.58. The lowest BCUT2D eigenvalue weighted by Crippen LogP contribution is -2.71. The van der Waals surface area contributed by atoms with Crippen molar-refractivity contribution in [2.24, 2.45) is 5.16 Å². The number of amides is 2. The summed E-state index contributed by atoms with van der Waals surface area (Å²) in [6.07, 6.45) is 4.05. The Labute approximate surface area is 204 Å². The van der Waals surface area contributed by atoms with Crippen LogP contribution in [0.15, 0.2) is 32.3 Å². The minimum Gasteiger partial charge on any atom is -0.477 e. The smallest absolute Gasteiger partial charge is 0.352 e. The maximum absolute atomic E-state index is 12.9. The van der Waals surface area contributed by atoms with Gasteiger partial charge in [0.2, 0.25) is 0 Å². The number of thioether (sulfide) groups is 2. The third-order valence-corrected chi connectivity index (χ3v) is 8.80. The number of nitrogens with one attached hydrogen (secondary N) is 1. The first-order valence-electron chi connectivity index (χ1n) is 9.36. The van der Waals surface area contributed by atoms with E-state index in [2.05, 4.69) is 20.4 Å². The lowest BCUT2D eigenvalue weighted by Gasteiger charge is -2.49. The number of nitrogen functional groups attached to an aromatic ring is 1. The Hall–Kier alpha value is -2.62. The van der Waals surface area contributed by atoms with E-state index in [1.54, 1.807) is 11.6 Å². The second kappa shape index (κ2) is 9.70. The summed E-state index contributed by atoms with van der Waals surface area (Å²) >= 11 is 5.54. The Morgan fingerprint density at radius 3 is 2.88 bits per heavy atom. The predicted molar refractivity (Wildman–Crippen MR) is 127 cm³/mol. The highest BCUT2D eigenvalue weighted by atomic mass is 32.2. The number of hydrogen-bond acceptors (Lipinski definition) is 12. The fourth-order valence-electron chi connectivity index (χ4n) is 3.40. The number of thiazole rings is 2. The molecule has 0 bridgehead atoms. The summed E-state index contributed by atoms with van der Waals surface area (Å²) in [6, 6.07) is -0.900. The topological polar surface area (TPSA) is 160 Å². The molecule has 2 aromatic heterocycles. The Balaban J connectivity index is 1.52. The summed E-state index contributed by atoms with van der Waals surface area (Å²) in [4.78, 5) is 53.0. The first-order chi connectivity index (χ1) is 15.8. The zero-order chi connectivity index (χ0) is 23.7. The third-order valence-electron chi connectivity index (χ3n) is 4.79. The number of rotatable bonds is 8. The maximum atomic E-state index is 12.9. The number of aliphatic carboxylic acids is 1. The van der Waals surface area contributed by atoms with Crippen LogP contribution in [0.3, 0.4) is 0 Å². The van der Waals surface area contributed by atoms with E-state index >= 15 is 0 Å². The average molecular weight is 527 g/mol. The van der Waals surface area contributed by atoms with Gasteiger partial charge in [0, 0.05) is 28.6 Å². The van der Waals surface area contributed by atoms with Crippen LogP contribution in [-0.4, -0.2) is 74.0 Å². The van der Waals surface area contributed by atoms with E-state index in [0.717, 1.165) is 20.6 Å². The van der Waals surface area contributed by atoms with Gasteiger partial charge in [-0.15, -0.1) is 34.4 Å². The molecule has 1 saturated heterocycles. The lowest BCUT2D eigenvalue weighted by atomic mass is 10.0. The van der Waals surface area contributed by atoms with Crippen molar-refractivity contribution >= 4 is 74.8 Å². The molecule has 2 amide bonds. The summed E-state index contributed by atoms with van der Waals surface area (Å²) in [5.74, 6) is -1.93. The molecule has 0 aromatic carbocycles. The van der Waals surface area contributed by atoms with Crippen LogP contribution in [0.5, 0.6) is 0 Å². The number of fused-ring (bicyclic) bond motifs is 1. The summed E-state index contributed by atoms with van der Waals surface area (Å²) in [5, 5.41) is 17.4. The number of aromatic nitrogens is 2. The number of carboxylic acids is 1. The van der Waals surface area contributed by atoms with E-state index in [9.17, 15) is 19.5 Å². The molecule has 1 fully saturated rings. The molecule has 0 radical (unpaired) electrons. The largest absolute Gasteiger partial charge is 0.477 e. The molecule has 11 nitrogen and oxygen atoms in total. The molecule has 174 valence electrons. The Kier molecular flexibility index (Phi) is 6.92. The molecule has 0 spiro atoms. The number of carbonyl (C=O) groups is 3. The molecule has 0 aliphatic carbocycles. The van der Waals surface area contributed by atoms with Crippen molar-refractivity contribution in [3.8, 4) is 0 Å². The van der Waals surface area contributed by atoms with Crippen LogP contribution < -0.4 is 11.1 Å². The van der Waals surface area contributed by atoms with Crippen LogP contribution in [0.25, 0.3) is 0 Å². The van der Waals surface area contributed by atoms with Crippen molar-refractivity contribution in [1.82, 2.24) is 20.2 Å². The molecule has 2 atom stereocenters. The first-order valence-corrected chi connectivity index (χ1v) is 13.3. The number of anilines is 1. The van der Waals surface area contributed by atoms with Crippen molar-refractivity contribution in [3.05, 3.63) is 33.4 Å². The van der Waals surface area contributed by atoms with Crippen molar-refractivity contribution in [2.75, 3.05) is 24.9 Å². The first kappa shape index (κ1) is 23.5. The maximum Gasteiger partial charge on any atom is 0.352 e. The zero-order valence-electron chi connectivity index (χ0n) is 17.3. The highest BCUT2D eigenvalue weighted by Gasteiger charge is 2.54. The number of nitrogens with two attached hydrogens (primary N) is 1. The van der Waals surface area contributed by atoms with Crippen LogP contribution in [0.1, 0.15) is 10.6 Å². The lowest BCUT2D eigenvalue weighted by molar-refractivity contribution is -0.150. The van der Waals surface area contributed by atoms with E-state index in [4.69, 9.17) is 10.6 Å². The second-order valence-electron chi connectivity index (χ2n) is 6.79. The molecule has 33 heavy (non-hydrogen) atoms. The fourth-order valence-corrected chi connectivity index (χ4v) is 6.78. The highest BCUT2D eigenvalue weighted by Crippen LogP contribution is 2.41. The van der Waals surface area contributed by atoms with Gasteiger partial charge >= 0.3 is 5.97 Å². The zero-order valence-corrected chi connectivity index (χ0v) is 20.6. The van der Waals surface area contributed by atoms with Gasteiger partial charge in [-0.2, -0.15) is 0 Å². The van der Waals surface area contributed by atoms with Gasteiger partial charge in [0.1, 0.15) is 34.3 Å². The van der Waals surface area contributed by atoms with Gasteiger partial charge in [0.25, 0.3) is 11.8 Å². The minimum atomic E-state index is -1.18. The summed E-state index contributed by atoms with van der Waals surface area (Å²) in [6.45, 7) is 0. The van der Waals surface area contributed by atoms with Crippen LogP contribution in [0, 0.1) is 0 Å². The molecule has 0 saturated carbocycles. The second-order valence-corrected chi connectivity index (χ2v) is 10.9. The SMILES string of the molecule is CO/N=C(\C(=O)N[C@@H]1C(=O)N2C(C(=O)O)=C(Cc3cnc(SC)s3)CS[C@H]12)c1csc(N)n1. The van der Waals surface area contributed by atoms with Crippen LogP contribution in [-0.2, 0) is 25.6 Å². The van der Waals surface area contributed by atoms with E-state index in [1.807, 2.05) is 6.26 Å². The molecule has 15 heteroatoms.